The normalized spacial score (nSPS) is 18.0. The van der Waals surface area contributed by atoms with Crippen LogP contribution >= 0.6 is 0 Å². The fourth-order valence-corrected chi connectivity index (χ4v) is 10.1. The molecule has 4 aromatic heterocycles. The Labute approximate surface area is 440 Å². The van der Waals surface area contributed by atoms with Crippen LogP contribution in [0.25, 0.3) is 22.8 Å². The monoisotopic (exact) mass is 1010 g/mol. The third-order valence-corrected chi connectivity index (χ3v) is 14.4. The highest BCUT2D eigenvalue weighted by atomic mass is 16.5. The van der Waals surface area contributed by atoms with Crippen LogP contribution in [0.5, 0.6) is 5.88 Å². The fraction of sp³-hybridized carbons (Fsp3) is 0.390. The number of rotatable bonds is 13. The third-order valence-electron chi connectivity index (χ3n) is 14.4. The molecule has 16 heteroatoms. The Morgan fingerprint density at radius 2 is 1.13 bits per heavy atom. The van der Waals surface area contributed by atoms with Gasteiger partial charge in [-0.05, 0) is 121 Å². The molecule has 7 aromatic rings. The topological polar surface area (TPSA) is 162 Å². The van der Waals surface area contributed by atoms with E-state index in [4.69, 9.17) is 34.1 Å². The number of aromatic nitrogens is 6. The van der Waals surface area contributed by atoms with Gasteiger partial charge in [0.05, 0.1) is 49.9 Å². The molecule has 0 saturated carbocycles. The highest BCUT2D eigenvalue weighted by Gasteiger charge is 2.31. The van der Waals surface area contributed by atoms with E-state index in [-0.39, 0.29) is 17.6 Å². The number of anilines is 6. The lowest BCUT2D eigenvalue weighted by atomic mass is 10.0. The molecule has 11 rings (SSSR count). The molecule has 390 valence electrons. The molecule has 2 fully saturated rings. The third kappa shape index (κ3) is 12.5. The summed E-state index contributed by atoms with van der Waals surface area (Å²) in [5.74, 6) is 5.61. The Morgan fingerprint density at radius 1 is 0.600 bits per heavy atom. The van der Waals surface area contributed by atoms with E-state index in [1.807, 2.05) is 78.9 Å². The van der Waals surface area contributed by atoms with Gasteiger partial charge in [-0.2, -0.15) is 4.98 Å². The minimum Gasteiger partial charge on any atom is -0.473 e. The Bertz CT molecular complexity index is 3080. The maximum absolute atomic E-state index is 11.6. The van der Waals surface area contributed by atoms with Gasteiger partial charge in [-0.1, -0.05) is 42.5 Å². The van der Waals surface area contributed by atoms with Gasteiger partial charge in [0.25, 0.3) is 0 Å². The van der Waals surface area contributed by atoms with Crippen LogP contribution < -0.4 is 30.7 Å². The number of fused-ring (bicyclic) bond motifs is 2. The molecule has 4 aliphatic rings. The maximum Gasteiger partial charge on any atom is 0.249 e. The Hall–Kier alpha value is -7.24. The second-order valence-corrected chi connectivity index (χ2v) is 20.4. The maximum atomic E-state index is 11.6. The number of hydrogen-bond acceptors (Lipinski definition) is 15. The molecule has 3 N–H and O–H groups in total. The molecule has 2 saturated heterocycles. The van der Waals surface area contributed by atoms with Crippen molar-refractivity contribution >= 4 is 34.6 Å². The van der Waals surface area contributed by atoms with Crippen LogP contribution in [0.1, 0.15) is 69.6 Å². The van der Waals surface area contributed by atoms with Crippen LogP contribution in [0.4, 0.5) is 34.6 Å². The summed E-state index contributed by atoms with van der Waals surface area (Å²) in [5, 5.41) is 6.63. The molecule has 8 heterocycles. The van der Waals surface area contributed by atoms with Crippen molar-refractivity contribution in [1.29, 1.82) is 0 Å². The number of hydrogen-bond donors (Lipinski definition) is 3. The van der Waals surface area contributed by atoms with Gasteiger partial charge in [0.2, 0.25) is 11.4 Å². The van der Waals surface area contributed by atoms with E-state index in [1.54, 1.807) is 6.07 Å². The minimum absolute atomic E-state index is 0.135. The number of nitrogens with one attached hydrogen (secondary N) is 3. The molecule has 75 heavy (non-hydrogen) atoms. The van der Waals surface area contributed by atoms with Crippen molar-refractivity contribution in [3.05, 3.63) is 154 Å². The minimum atomic E-state index is -0.135. The second kappa shape index (κ2) is 23.5. The van der Waals surface area contributed by atoms with Gasteiger partial charge in [-0.15, -0.1) is 0 Å². The van der Waals surface area contributed by atoms with E-state index in [9.17, 15) is 4.79 Å². The van der Waals surface area contributed by atoms with E-state index >= 15 is 0 Å². The molecule has 0 aliphatic carbocycles. The quantitative estimate of drug-likeness (QED) is 0.100. The summed E-state index contributed by atoms with van der Waals surface area (Å²) in [5.41, 5.74) is 9.60. The van der Waals surface area contributed by atoms with Gasteiger partial charge in [0.1, 0.15) is 29.9 Å². The summed E-state index contributed by atoms with van der Waals surface area (Å²) in [6.07, 6.45) is 1.93. The smallest absolute Gasteiger partial charge is 0.249 e. The van der Waals surface area contributed by atoms with E-state index in [1.165, 1.54) is 17.2 Å². The van der Waals surface area contributed by atoms with Crippen molar-refractivity contribution in [3.63, 3.8) is 0 Å². The van der Waals surface area contributed by atoms with Crippen LogP contribution in [-0.4, -0.2) is 116 Å². The molecule has 0 radical (unpaired) electrons. The van der Waals surface area contributed by atoms with Crippen molar-refractivity contribution in [2.75, 3.05) is 73.0 Å². The van der Waals surface area contributed by atoms with E-state index in [0.29, 0.717) is 37.0 Å². The van der Waals surface area contributed by atoms with E-state index in [0.717, 1.165) is 140 Å². The average Bonchev–Trinajstić information content (AvgIpc) is 3.43. The number of H-pyrrole nitrogens is 1. The first-order valence-corrected chi connectivity index (χ1v) is 26.6. The van der Waals surface area contributed by atoms with Crippen molar-refractivity contribution < 1.29 is 14.2 Å². The molecule has 16 nitrogen and oxygen atoms in total. The van der Waals surface area contributed by atoms with Gasteiger partial charge in [-0.3, -0.25) is 14.6 Å². The van der Waals surface area contributed by atoms with Crippen molar-refractivity contribution in [2.24, 2.45) is 0 Å². The van der Waals surface area contributed by atoms with Gasteiger partial charge in [-0.25, -0.2) is 19.9 Å². The number of aromatic amines is 1. The summed E-state index contributed by atoms with van der Waals surface area (Å²) in [4.78, 5) is 49.1. The molecule has 3 aromatic carbocycles. The van der Waals surface area contributed by atoms with E-state index < -0.39 is 0 Å². The zero-order valence-electron chi connectivity index (χ0n) is 44.1. The summed E-state index contributed by atoms with van der Waals surface area (Å²) >= 11 is 0. The van der Waals surface area contributed by atoms with E-state index in [2.05, 4.69) is 106 Å². The largest absolute Gasteiger partial charge is 0.473 e. The molecular weight excluding hydrogens is 941 g/mol. The first-order valence-electron chi connectivity index (χ1n) is 26.6. The van der Waals surface area contributed by atoms with Crippen LogP contribution in [0, 0.1) is 0 Å². The van der Waals surface area contributed by atoms with Crippen LogP contribution in [0.3, 0.4) is 0 Å². The lowest BCUT2D eigenvalue weighted by molar-refractivity contribution is 0.0982. The Kier molecular flexibility index (Phi) is 16.1. The lowest BCUT2D eigenvalue weighted by Crippen LogP contribution is -2.45. The lowest BCUT2D eigenvalue weighted by Gasteiger charge is -2.38. The van der Waals surface area contributed by atoms with Crippen molar-refractivity contribution in [2.45, 2.75) is 98.2 Å². The second-order valence-electron chi connectivity index (χ2n) is 20.4. The molecule has 2 atom stereocenters. The summed E-state index contributed by atoms with van der Waals surface area (Å²) in [6, 6.07) is 38.7. The number of benzene rings is 3. The van der Waals surface area contributed by atoms with Crippen LogP contribution in [-0.2, 0) is 42.0 Å². The molecule has 0 bridgehead atoms. The molecule has 4 aliphatic heterocycles. The van der Waals surface area contributed by atoms with Gasteiger partial charge in [0, 0.05) is 97.1 Å². The molecule has 0 unspecified atom stereocenters. The van der Waals surface area contributed by atoms with Crippen molar-refractivity contribution in [3.8, 4) is 28.7 Å². The Balaban J connectivity index is 0.000000174. The SMILES string of the molecule is CC(C)N1CCc2c(nc(-c3ccc(Nc4cccc(=O)[nH]4)cc3)nc2N2CCOC[C@@H]2C)C1.CC(C)N1CCc2c(nc(-c3ccc(Nc4cccc(OCc5ccccc5)n4)cc3)nc2N2CCOC[C@@H]2C)C1. The van der Waals surface area contributed by atoms with Crippen molar-refractivity contribution in [1.82, 2.24) is 39.7 Å². The first-order chi connectivity index (χ1) is 36.5. The number of morpholine rings is 2. The number of nitrogens with zero attached hydrogens (tertiary/aromatic N) is 9. The number of ether oxygens (including phenoxy) is 3. The predicted octanol–water partition coefficient (Wildman–Crippen LogP) is 9.42. The summed E-state index contributed by atoms with van der Waals surface area (Å²) in [6.45, 7) is 22.2. The highest BCUT2D eigenvalue weighted by molar-refractivity contribution is 5.68. The molecule has 0 spiro atoms. The predicted molar refractivity (Wildman–Crippen MR) is 297 cm³/mol. The highest BCUT2D eigenvalue weighted by Crippen LogP contribution is 2.35. The summed E-state index contributed by atoms with van der Waals surface area (Å²) < 4.78 is 17.3. The number of pyridine rings is 2. The summed E-state index contributed by atoms with van der Waals surface area (Å²) in [7, 11) is 0. The van der Waals surface area contributed by atoms with Gasteiger partial charge >= 0.3 is 0 Å². The first kappa shape index (κ1) is 51.3. The van der Waals surface area contributed by atoms with Gasteiger partial charge < -0.3 is 39.6 Å². The zero-order valence-corrected chi connectivity index (χ0v) is 44.1. The van der Waals surface area contributed by atoms with Crippen LogP contribution in [0.2, 0.25) is 0 Å². The standard InChI is InChI=1S/C33H38N6O2.C26H32N6O2/c1-23(2)38-17-16-28-29(20-38)35-32(37-33(28)39-18-19-40-21-24(39)3)26-12-14-27(15-13-26)34-30-10-7-11-31(36-30)41-22-25-8-5-4-6-9-25;1-17(2)31-12-11-21-22(15-31)28-25(30-26(21)32-13-14-34-16-18(32)3)19-7-9-20(10-8-19)27-23-5-4-6-24(33)29-23/h4-15,23-24H,16-22H2,1-3H3,(H,34,36);4-10,17-18H,11-16H2,1-3H3,(H2,27,29,33)/t24-;18-/m00/s1. The van der Waals surface area contributed by atoms with Gasteiger partial charge in [0.15, 0.2) is 11.6 Å². The fourth-order valence-electron chi connectivity index (χ4n) is 10.1. The van der Waals surface area contributed by atoms with Crippen LogP contribution in [0.15, 0.2) is 120 Å². The average molecular weight is 1010 g/mol. The molecular formula is C59H70N12O4. The molecule has 0 amide bonds. The zero-order chi connectivity index (χ0) is 51.8. The Morgan fingerprint density at radius 3 is 1.65 bits per heavy atom.